The lowest BCUT2D eigenvalue weighted by molar-refractivity contribution is -0.122. The number of carbonyl (C=O) groups excluding carboxylic acids is 2. The van der Waals surface area contributed by atoms with Crippen molar-refractivity contribution in [3.05, 3.63) is 34.7 Å². The molecule has 3 rings (SSSR count). The van der Waals surface area contributed by atoms with Gasteiger partial charge >= 0.3 is 0 Å². The molecule has 1 atom stereocenters. The smallest absolute Gasteiger partial charge is 0.284 e. The molecular formula is C15H16N4O3S. The van der Waals surface area contributed by atoms with Crippen molar-refractivity contribution in [1.82, 2.24) is 20.8 Å². The van der Waals surface area contributed by atoms with E-state index >= 15 is 0 Å². The van der Waals surface area contributed by atoms with E-state index in [1.807, 2.05) is 0 Å². The molecule has 1 saturated heterocycles. The van der Waals surface area contributed by atoms with Gasteiger partial charge in [-0.05, 0) is 55.7 Å². The molecule has 0 spiro atoms. The Kier molecular flexibility index (Phi) is 4.52. The van der Waals surface area contributed by atoms with Crippen LogP contribution >= 0.6 is 12.2 Å². The summed E-state index contributed by atoms with van der Waals surface area (Å²) in [5.74, 6) is -0.0348. The average molecular weight is 332 g/mol. The Morgan fingerprint density at radius 2 is 2.09 bits per heavy atom. The van der Waals surface area contributed by atoms with Crippen LogP contribution in [0.25, 0.3) is 11.5 Å². The summed E-state index contributed by atoms with van der Waals surface area (Å²) in [6, 6.07) is 6.28. The van der Waals surface area contributed by atoms with Gasteiger partial charge < -0.3 is 15.1 Å². The highest BCUT2D eigenvalue weighted by atomic mass is 32.1. The SMILES string of the molecule is O=C(N[C@@H]1CCCCNC1=O)c1ccc(-c2n[nH]c(=S)o2)cc1. The van der Waals surface area contributed by atoms with Crippen LogP contribution in [0.1, 0.15) is 29.6 Å². The summed E-state index contributed by atoms with van der Waals surface area (Å²) in [6.45, 7) is 0.665. The van der Waals surface area contributed by atoms with Gasteiger partial charge in [-0.15, -0.1) is 5.10 Å². The number of carbonyl (C=O) groups is 2. The fraction of sp³-hybridized carbons (Fsp3) is 0.333. The monoisotopic (exact) mass is 332 g/mol. The maximum absolute atomic E-state index is 12.3. The molecule has 23 heavy (non-hydrogen) atoms. The third kappa shape index (κ3) is 3.65. The third-order valence-electron chi connectivity index (χ3n) is 3.67. The van der Waals surface area contributed by atoms with Gasteiger partial charge in [-0.3, -0.25) is 9.59 Å². The van der Waals surface area contributed by atoms with E-state index in [4.69, 9.17) is 16.6 Å². The Hall–Kier alpha value is -2.48. The quantitative estimate of drug-likeness (QED) is 0.744. The fourth-order valence-corrected chi connectivity index (χ4v) is 2.56. The van der Waals surface area contributed by atoms with Crippen molar-refractivity contribution < 1.29 is 14.0 Å². The standard InChI is InChI=1S/C15H16N4O3S/c20-12(17-11-3-1-2-8-16-13(11)21)9-4-6-10(7-5-9)14-18-19-15(23)22-14/h4-7,11H,1-3,8H2,(H,16,21)(H,17,20)(H,19,23)/t11-/m1/s1. The van der Waals surface area contributed by atoms with E-state index in [0.29, 0.717) is 30.0 Å². The molecule has 8 heteroatoms. The van der Waals surface area contributed by atoms with E-state index in [1.54, 1.807) is 24.3 Å². The van der Waals surface area contributed by atoms with E-state index in [2.05, 4.69) is 20.8 Å². The van der Waals surface area contributed by atoms with Gasteiger partial charge in [0.05, 0.1) is 0 Å². The second-order valence-electron chi connectivity index (χ2n) is 5.31. The van der Waals surface area contributed by atoms with Crippen LogP contribution in [-0.4, -0.2) is 34.6 Å². The van der Waals surface area contributed by atoms with E-state index in [0.717, 1.165) is 12.8 Å². The zero-order chi connectivity index (χ0) is 16.2. The molecule has 1 aromatic heterocycles. The van der Waals surface area contributed by atoms with Crippen LogP contribution in [0.2, 0.25) is 0 Å². The van der Waals surface area contributed by atoms with Gasteiger partial charge in [0.2, 0.25) is 11.8 Å². The number of nitrogens with zero attached hydrogens (tertiary/aromatic N) is 1. The van der Waals surface area contributed by atoms with Crippen LogP contribution in [0.3, 0.4) is 0 Å². The predicted molar refractivity (Wildman–Crippen MR) is 85.2 cm³/mol. The molecule has 2 amide bonds. The number of H-pyrrole nitrogens is 1. The van der Waals surface area contributed by atoms with Gasteiger partial charge in [-0.2, -0.15) is 0 Å². The number of hydrogen-bond acceptors (Lipinski definition) is 5. The van der Waals surface area contributed by atoms with E-state index in [9.17, 15) is 9.59 Å². The number of rotatable bonds is 3. The second-order valence-corrected chi connectivity index (χ2v) is 5.68. The zero-order valence-corrected chi connectivity index (χ0v) is 13.1. The number of amides is 2. The second kappa shape index (κ2) is 6.74. The normalized spacial score (nSPS) is 18.1. The van der Waals surface area contributed by atoms with Crippen molar-refractivity contribution in [2.24, 2.45) is 0 Å². The topological polar surface area (TPSA) is 100 Å². The summed E-state index contributed by atoms with van der Waals surface area (Å²) in [5.41, 5.74) is 1.18. The molecule has 3 N–H and O–H groups in total. The van der Waals surface area contributed by atoms with Crippen LogP contribution in [0.4, 0.5) is 0 Å². The maximum atomic E-state index is 12.3. The van der Waals surface area contributed by atoms with Crippen LogP contribution in [0.15, 0.2) is 28.7 Å². The lowest BCUT2D eigenvalue weighted by Crippen LogP contribution is -2.45. The number of hydrogen-bond donors (Lipinski definition) is 3. The van der Waals surface area contributed by atoms with Crippen molar-refractivity contribution in [2.75, 3.05) is 6.54 Å². The van der Waals surface area contributed by atoms with Crippen molar-refractivity contribution in [3.63, 3.8) is 0 Å². The lowest BCUT2D eigenvalue weighted by atomic mass is 10.1. The summed E-state index contributed by atoms with van der Waals surface area (Å²) in [6.07, 6.45) is 2.50. The minimum absolute atomic E-state index is 0.124. The largest absolute Gasteiger partial charge is 0.409 e. The van der Waals surface area contributed by atoms with Crippen molar-refractivity contribution in [3.8, 4) is 11.5 Å². The first kappa shape index (κ1) is 15.4. The van der Waals surface area contributed by atoms with Gasteiger partial charge in [-0.1, -0.05) is 0 Å². The summed E-state index contributed by atoms with van der Waals surface area (Å²) < 4.78 is 5.21. The molecule has 2 heterocycles. The number of benzene rings is 1. The van der Waals surface area contributed by atoms with Gasteiger partial charge in [0.25, 0.3) is 10.7 Å². The van der Waals surface area contributed by atoms with Crippen molar-refractivity contribution in [1.29, 1.82) is 0 Å². The number of aromatic amines is 1. The Balaban J connectivity index is 1.70. The van der Waals surface area contributed by atoms with Gasteiger partial charge in [0.1, 0.15) is 6.04 Å². The Morgan fingerprint density at radius 3 is 2.78 bits per heavy atom. The van der Waals surface area contributed by atoms with E-state index in [1.165, 1.54) is 0 Å². The van der Waals surface area contributed by atoms with Gasteiger partial charge in [0.15, 0.2) is 0 Å². The molecule has 0 unspecified atom stereocenters. The summed E-state index contributed by atoms with van der Waals surface area (Å²) in [7, 11) is 0. The van der Waals surface area contributed by atoms with E-state index < -0.39 is 6.04 Å². The molecule has 0 bridgehead atoms. The minimum atomic E-state index is -0.478. The van der Waals surface area contributed by atoms with Crippen LogP contribution in [0.5, 0.6) is 0 Å². The maximum Gasteiger partial charge on any atom is 0.284 e. The Bertz CT molecular complexity index is 766. The Morgan fingerprint density at radius 1 is 1.30 bits per heavy atom. The number of nitrogens with one attached hydrogen (secondary N) is 3. The van der Waals surface area contributed by atoms with Crippen LogP contribution in [0, 0.1) is 4.84 Å². The molecule has 0 aliphatic carbocycles. The molecule has 0 saturated carbocycles. The molecule has 1 fully saturated rings. The highest BCUT2D eigenvalue weighted by molar-refractivity contribution is 7.71. The molecule has 7 nitrogen and oxygen atoms in total. The number of aromatic nitrogens is 2. The molecule has 0 radical (unpaired) electrons. The zero-order valence-electron chi connectivity index (χ0n) is 12.3. The van der Waals surface area contributed by atoms with Crippen molar-refractivity contribution >= 4 is 24.0 Å². The lowest BCUT2D eigenvalue weighted by Gasteiger charge is -2.15. The molecule has 1 aromatic carbocycles. The predicted octanol–water partition coefficient (Wildman–Crippen LogP) is 1.80. The van der Waals surface area contributed by atoms with Gasteiger partial charge in [0, 0.05) is 17.7 Å². The van der Waals surface area contributed by atoms with Crippen LogP contribution in [-0.2, 0) is 4.79 Å². The van der Waals surface area contributed by atoms with Crippen LogP contribution < -0.4 is 10.6 Å². The highest BCUT2D eigenvalue weighted by Gasteiger charge is 2.22. The first-order valence-electron chi connectivity index (χ1n) is 7.38. The molecule has 1 aliphatic rings. The summed E-state index contributed by atoms with van der Waals surface area (Å²) in [5, 5.41) is 12.0. The van der Waals surface area contributed by atoms with Gasteiger partial charge in [-0.25, -0.2) is 5.10 Å². The minimum Gasteiger partial charge on any atom is -0.409 e. The Labute approximate surface area is 137 Å². The molecule has 2 aromatic rings. The first-order valence-corrected chi connectivity index (χ1v) is 7.79. The first-order chi connectivity index (χ1) is 11.1. The molecule has 1 aliphatic heterocycles. The van der Waals surface area contributed by atoms with E-state index in [-0.39, 0.29) is 16.7 Å². The summed E-state index contributed by atoms with van der Waals surface area (Å²) >= 11 is 4.83. The fourth-order valence-electron chi connectivity index (χ4n) is 2.44. The third-order valence-corrected chi connectivity index (χ3v) is 3.85. The highest BCUT2D eigenvalue weighted by Crippen LogP contribution is 2.17. The van der Waals surface area contributed by atoms with Crippen molar-refractivity contribution in [2.45, 2.75) is 25.3 Å². The average Bonchev–Trinajstić information content (AvgIpc) is 2.89. The molecule has 120 valence electrons. The summed E-state index contributed by atoms with van der Waals surface area (Å²) in [4.78, 5) is 24.3. The molecular weight excluding hydrogens is 316 g/mol.